The molecule has 0 heterocycles. The van der Waals surface area contributed by atoms with Gasteiger partial charge < -0.3 is 27.6 Å². The third kappa shape index (κ3) is 85.3. The molecule has 8 nitrogen and oxygen atoms in total. The molecule has 0 amide bonds. The molecule has 0 atom stereocenters. The molecule has 0 saturated carbocycles. The van der Waals surface area contributed by atoms with Crippen molar-refractivity contribution in [1.29, 1.82) is 0 Å². The van der Waals surface area contributed by atoms with Gasteiger partial charge in [0.05, 0.1) is 0 Å². The Bertz CT molecular complexity index is 717. The molecule has 0 aliphatic carbocycles. The molecule has 0 rings (SSSR count). The summed E-state index contributed by atoms with van der Waals surface area (Å²) >= 11 is 0. The summed E-state index contributed by atoms with van der Waals surface area (Å²) in [4.78, 5) is 30.8. The first-order valence-corrected chi connectivity index (χ1v) is 23.1. The van der Waals surface area contributed by atoms with Crippen LogP contribution in [0.15, 0.2) is 12.7 Å². The van der Waals surface area contributed by atoms with E-state index in [2.05, 4.69) is 20.4 Å². The zero-order valence-electron chi connectivity index (χ0n) is 37.0. The minimum atomic E-state index is -0.674. The van der Waals surface area contributed by atoms with Gasteiger partial charge in [-0.25, -0.2) is 0 Å². The summed E-state index contributed by atoms with van der Waals surface area (Å²) in [7, 11) is 0. The fraction of sp³-hybridized carbons (Fsp3) is 0.894. The van der Waals surface area contributed by atoms with Crippen molar-refractivity contribution in [3.05, 3.63) is 12.7 Å². The third-order valence-electron chi connectivity index (χ3n) is 10.0. The minimum absolute atomic E-state index is 0. The molecule has 0 unspecified atom stereocenters. The zero-order chi connectivity index (χ0) is 39.7. The zero-order valence-corrected chi connectivity index (χ0v) is 37.0. The molecule has 57 heavy (non-hydrogen) atoms. The monoisotopic (exact) mass is 1070 g/mol. The van der Waals surface area contributed by atoms with Gasteiger partial charge in [0.2, 0.25) is 0 Å². The Kier molecular flexibility index (Phi) is 87.9. The second-order valence-corrected chi connectivity index (χ2v) is 15.5. The Labute approximate surface area is 435 Å². The van der Waals surface area contributed by atoms with Crippen LogP contribution < -0.4 is 12.3 Å². The van der Waals surface area contributed by atoms with E-state index in [-0.39, 0.29) is 110 Å². The number of carboxylic acids is 3. The van der Waals surface area contributed by atoms with Crippen molar-refractivity contribution >= 4 is 116 Å². The number of unbranched alkanes of at least 4 members (excludes halogenated alkanes) is 34. The van der Waals surface area contributed by atoms with Crippen LogP contribution in [-0.2, 0) is 14.4 Å². The second-order valence-electron chi connectivity index (χ2n) is 15.5. The fourth-order valence-electron chi connectivity index (χ4n) is 6.57. The number of carbonyl (C=O) groups is 3. The number of hydrogen-bond acceptors (Lipinski definition) is 5. The maximum atomic E-state index is 10.3. The van der Waals surface area contributed by atoms with Gasteiger partial charge in [0.15, 0.2) is 0 Å². The molecule has 0 aromatic rings. The molecule has 0 aliphatic rings. The topological polar surface area (TPSA) is 182 Å². The van der Waals surface area contributed by atoms with Gasteiger partial charge in [-0.2, -0.15) is 0 Å². The summed E-state index contributed by atoms with van der Waals surface area (Å²) in [5.74, 6) is -1.98. The van der Waals surface area contributed by atoms with Crippen molar-refractivity contribution in [1.82, 2.24) is 12.3 Å². The van der Waals surface area contributed by atoms with Crippen molar-refractivity contribution < 1.29 is 29.7 Å². The van der Waals surface area contributed by atoms with Gasteiger partial charge >= 0.3 is 116 Å². The molecular formula is C47H102Ba2N2O6. The molecule has 0 spiro atoms. The SMILES string of the molecule is C=CCCCCCCCCC(=O)O.CCCCCCCCCCCCCCCCCC(=O)O.CCCCCCCCCCCCCCCCCC(=O)O.N.N.[BaH2].[BaH2]. The predicted octanol–water partition coefficient (Wildman–Crippen LogP) is 14.5. The van der Waals surface area contributed by atoms with Crippen LogP contribution in [0, 0.1) is 0 Å². The van der Waals surface area contributed by atoms with Crippen molar-refractivity contribution in [2.75, 3.05) is 0 Å². The van der Waals surface area contributed by atoms with Crippen LogP contribution in [0.4, 0.5) is 0 Å². The normalized spacial score (nSPS) is 9.86. The van der Waals surface area contributed by atoms with Gasteiger partial charge in [0.25, 0.3) is 0 Å². The molecule has 10 heteroatoms. The summed E-state index contributed by atoms with van der Waals surface area (Å²) in [6, 6.07) is 0. The molecule has 0 aromatic heterocycles. The van der Waals surface area contributed by atoms with Gasteiger partial charge in [-0.05, 0) is 32.1 Å². The Morgan fingerprint density at radius 3 is 0.649 bits per heavy atom. The quantitative estimate of drug-likeness (QED) is 0.0228. The Hall–Kier alpha value is 1.21. The van der Waals surface area contributed by atoms with Crippen molar-refractivity contribution in [2.24, 2.45) is 0 Å². The van der Waals surface area contributed by atoms with Gasteiger partial charge in [-0.3, -0.25) is 14.4 Å². The summed E-state index contributed by atoms with van der Waals surface area (Å²) in [5.41, 5.74) is 0. The first-order chi connectivity index (χ1) is 25.8. The average molecular weight is 1070 g/mol. The van der Waals surface area contributed by atoms with E-state index in [0.29, 0.717) is 19.3 Å². The van der Waals surface area contributed by atoms with Crippen LogP contribution in [0.2, 0.25) is 0 Å². The standard InChI is InChI=1S/2C18H36O2.C11H20O2.2Ba.2H3N.4H/c2*1-2-3-4-5-6-7-8-9-10-11-12-13-14-15-16-17-18(19)20;1-2-3-4-5-6-7-8-9-10-11(12)13;;;;;;;;/h2*2-17H2,1H3,(H,19,20);2H,1,3-10H2,(H,12,13);;;2*1H3;;;;. The van der Waals surface area contributed by atoms with Gasteiger partial charge in [-0.1, -0.05) is 225 Å². The second kappa shape index (κ2) is 68.9. The Balaban J connectivity index is -0.000000130. The van der Waals surface area contributed by atoms with Crippen molar-refractivity contribution in [2.45, 2.75) is 271 Å². The van der Waals surface area contributed by atoms with E-state index in [1.54, 1.807) is 0 Å². The predicted molar refractivity (Wildman–Crippen MR) is 256 cm³/mol. The van der Waals surface area contributed by atoms with Crippen LogP contribution in [-0.4, -0.2) is 131 Å². The van der Waals surface area contributed by atoms with Gasteiger partial charge in [0, 0.05) is 19.3 Å². The van der Waals surface area contributed by atoms with E-state index >= 15 is 0 Å². The first kappa shape index (κ1) is 72.7. The molecule has 0 aromatic carbocycles. The van der Waals surface area contributed by atoms with Gasteiger partial charge in [-0.15, -0.1) is 6.58 Å². The van der Waals surface area contributed by atoms with Crippen LogP contribution in [0.5, 0.6) is 0 Å². The van der Waals surface area contributed by atoms with Crippen molar-refractivity contribution in [3.8, 4) is 0 Å². The molecule has 0 saturated heterocycles. The van der Waals surface area contributed by atoms with E-state index in [1.165, 1.54) is 193 Å². The average Bonchev–Trinajstić information content (AvgIpc) is 3.13. The number of allylic oxidation sites excluding steroid dienone is 1. The molecule has 0 bridgehead atoms. The molecule has 0 aliphatic heterocycles. The molecule has 0 radical (unpaired) electrons. The molecule has 9 N–H and O–H groups in total. The van der Waals surface area contributed by atoms with Crippen molar-refractivity contribution in [3.63, 3.8) is 0 Å². The summed E-state index contributed by atoms with van der Waals surface area (Å²) in [6.45, 7) is 8.20. The van der Waals surface area contributed by atoms with Crippen LogP contribution in [0.25, 0.3) is 0 Å². The molecule has 0 fully saturated rings. The first-order valence-electron chi connectivity index (χ1n) is 23.1. The number of carboxylic acid groups (broad SMARTS) is 3. The van der Waals surface area contributed by atoms with Crippen LogP contribution in [0.3, 0.4) is 0 Å². The molecule has 340 valence electrons. The third-order valence-corrected chi connectivity index (χ3v) is 10.0. The summed E-state index contributed by atoms with van der Waals surface area (Å²) in [5, 5.41) is 25.4. The fourth-order valence-corrected chi connectivity index (χ4v) is 6.57. The van der Waals surface area contributed by atoms with Crippen LogP contribution >= 0.6 is 0 Å². The Morgan fingerprint density at radius 1 is 0.333 bits per heavy atom. The number of aliphatic carboxylic acids is 3. The van der Waals surface area contributed by atoms with E-state index < -0.39 is 17.9 Å². The number of rotatable bonds is 41. The summed E-state index contributed by atoms with van der Waals surface area (Å²) in [6.07, 6.45) is 50.5. The van der Waals surface area contributed by atoms with E-state index in [1.807, 2.05) is 6.08 Å². The van der Waals surface area contributed by atoms with E-state index in [4.69, 9.17) is 15.3 Å². The van der Waals surface area contributed by atoms with Gasteiger partial charge in [0.1, 0.15) is 0 Å². The van der Waals surface area contributed by atoms with Crippen LogP contribution in [0.1, 0.15) is 271 Å². The molecular weight excluding hydrogens is 963 g/mol. The summed E-state index contributed by atoms with van der Waals surface area (Å²) < 4.78 is 0. The van der Waals surface area contributed by atoms with E-state index in [0.717, 1.165) is 44.9 Å². The maximum absolute atomic E-state index is 10.3. The Morgan fingerprint density at radius 2 is 0.491 bits per heavy atom. The van der Waals surface area contributed by atoms with E-state index in [9.17, 15) is 14.4 Å². The number of hydrogen-bond donors (Lipinski definition) is 5.